The fraction of sp³-hybridized carbons (Fsp3) is 0.667. The molecule has 0 aliphatic carbocycles. The van der Waals surface area contributed by atoms with Crippen LogP contribution in [-0.2, 0) is 27.9 Å². The fourth-order valence-electron chi connectivity index (χ4n) is 2.55. The molecule has 2 amide bonds. The molecule has 0 aliphatic heterocycles. The molecule has 1 heterocycles. The number of rotatable bonds is 11. The van der Waals surface area contributed by atoms with Gasteiger partial charge in [-0.3, -0.25) is 9.59 Å². The van der Waals surface area contributed by atoms with Gasteiger partial charge in [-0.25, -0.2) is 0 Å². The molecule has 0 saturated carbocycles. The van der Waals surface area contributed by atoms with Gasteiger partial charge in [-0.05, 0) is 18.1 Å². The Morgan fingerprint density at radius 3 is 2.52 bits per heavy atom. The lowest BCUT2D eigenvalue weighted by Crippen LogP contribution is -2.45. The Bertz CT molecular complexity index is 545. The molecule has 1 aromatic rings. The van der Waals surface area contributed by atoms with E-state index in [9.17, 15) is 9.59 Å². The normalized spacial score (nSPS) is 11.0. The van der Waals surface area contributed by atoms with Gasteiger partial charge >= 0.3 is 0 Å². The van der Waals surface area contributed by atoms with Crippen molar-refractivity contribution in [3.8, 4) is 0 Å². The number of alkyl halides is 1. The van der Waals surface area contributed by atoms with Crippen molar-refractivity contribution in [3.63, 3.8) is 0 Å². The van der Waals surface area contributed by atoms with E-state index in [2.05, 4.69) is 13.8 Å². The molecule has 0 bridgehead atoms. The van der Waals surface area contributed by atoms with E-state index in [0.29, 0.717) is 32.2 Å². The number of ether oxygens (including phenoxy) is 1. The third-order valence-corrected chi connectivity index (χ3v) is 4.08. The van der Waals surface area contributed by atoms with Crippen LogP contribution in [0.1, 0.15) is 26.0 Å². The first-order valence-corrected chi connectivity index (χ1v) is 9.13. The van der Waals surface area contributed by atoms with Gasteiger partial charge < -0.3 is 19.1 Å². The minimum Gasteiger partial charge on any atom is -0.383 e. The predicted octanol–water partition coefficient (Wildman–Crippen LogP) is 2.11. The molecular formula is C18H30ClN3O3. The van der Waals surface area contributed by atoms with Gasteiger partial charge in [0, 0.05) is 51.4 Å². The highest BCUT2D eigenvalue weighted by Crippen LogP contribution is 2.10. The molecule has 25 heavy (non-hydrogen) atoms. The number of carbonyl (C=O) groups excluding carboxylic acids is 2. The van der Waals surface area contributed by atoms with Gasteiger partial charge in [-0.1, -0.05) is 13.8 Å². The van der Waals surface area contributed by atoms with Crippen LogP contribution in [0.25, 0.3) is 0 Å². The van der Waals surface area contributed by atoms with Crippen LogP contribution in [0.2, 0.25) is 0 Å². The average Bonchev–Trinajstić information content (AvgIpc) is 2.95. The minimum absolute atomic E-state index is 0.0518. The molecule has 0 N–H and O–H groups in total. The third kappa shape index (κ3) is 7.48. The quantitative estimate of drug-likeness (QED) is 0.560. The summed E-state index contributed by atoms with van der Waals surface area (Å²) in [6.07, 6.45) is 2.18. The molecule has 0 atom stereocenters. The van der Waals surface area contributed by atoms with Crippen molar-refractivity contribution in [2.45, 2.75) is 26.8 Å². The van der Waals surface area contributed by atoms with Crippen molar-refractivity contribution in [2.24, 2.45) is 13.0 Å². The standard InChI is InChI=1S/C18H30ClN3O3/c1-15(2)12-22(13-16-6-5-9-20(16)3)18(24)14-21(10-11-25-4)17(23)7-8-19/h5-6,9,15H,7-8,10-14H2,1-4H3. The Morgan fingerprint density at radius 1 is 1.28 bits per heavy atom. The number of carbonyl (C=O) groups is 2. The summed E-state index contributed by atoms with van der Waals surface area (Å²) in [5, 5.41) is 0. The summed E-state index contributed by atoms with van der Waals surface area (Å²) in [5.74, 6) is 0.406. The summed E-state index contributed by atoms with van der Waals surface area (Å²) in [5.41, 5.74) is 1.06. The second kappa shape index (κ2) is 11.2. The molecule has 6 nitrogen and oxygen atoms in total. The maximum Gasteiger partial charge on any atom is 0.242 e. The summed E-state index contributed by atoms with van der Waals surface area (Å²) in [4.78, 5) is 28.4. The van der Waals surface area contributed by atoms with Gasteiger partial charge in [-0.2, -0.15) is 0 Å². The molecule has 1 aromatic heterocycles. The highest BCUT2D eigenvalue weighted by atomic mass is 35.5. The van der Waals surface area contributed by atoms with E-state index in [4.69, 9.17) is 16.3 Å². The molecule has 0 radical (unpaired) electrons. The lowest BCUT2D eigenvalue weighted by molar-refractivity contribution is -0.141. The second-order valence-corrected chi connectivity index (χ2v) is 6.90. The second-order valence-electron chi connectivity index (χ2n) is 6.53. The molecule has 1 rings (SSSR count). The lowest BCUT2D eigenvalue weighted by Gasteiger charge is -2.29. The van der Waals surface area contributed by atoms with E-state index < -0.39 is 0 Å². The van der Waals surface area contributed by atoms with Crippen molar-refractivity contribution in [2.75, 3.05) is 39.2 Å². The number of nitrogens with zero attached hydrogens (tertiary/aromatic N) is 3. The number of halogens is 1. The van der Waals surface area contributed by atoms with Crippen molar-refractivity contribution in [1.82, 2.24) is 14.4 Å². The van der Waals surface area contributed by atoms with Crippen LogP contribution >= 0.6 is 11.6 Å². The van der Waals surface area contributed by atoms with Crippen molar-refractivity contribution < 1.29 is 14.3 Å². The fourth-order valence-corrected chi connectivity index (χ4v) is 2.71. The van der Waals surface area contributed by atoms with Gasteiger partial charge in [0.15, 0.2) is 0 Å². The first kappa shape index (κ1) is 21.5. The van der Waals surface area contributed by atoms with Gasteiger partial charge in [0.2, 0.25) is 11.8 Å². The Kier molecular flexibility index (Phi) is 9.60. The van der Waals surface area contributed by atoms with E-state index in [1.165, 1.54) is 4.90 Å². The number of aryl methyl sites for hydroxylation is 1. The Morgan fingerprint density at radius 2 is 2.00 bits per heavy atom. The van der Waals surface area contributed by atoms with Crippen LogP contribution in [0.5, 0.6) is 0 Å². The van der Waals surface area contributed by atoms with Crippen molar-refractivity contribution in [1.29, 1.82) is 0 Å². The molecule has 0 unspecified atom stereocenters. The molecule has 142 valence electrons. The summed E-state index contributed by atoms with van der Waals surface area (Å²) >= 11 is 5.68. The SMILES string of the molecule is COCCN(CC(=O)N(Cc1cccn1C)CC(C)C)C(=O)CCCl. The first-order valence-electron chi connectivity index (χ1n) is 8.59. The summed E-state index contributed by atoms with van der Waals surface area (Å²) in [6.45, 7) is 6.16. The van der Waals surface area contributed by atoms with Crippen molar-refractivity contribution >= 4 is 23.4 Å². The van der Waals surface area contributed by atoms with E-state index >= 15 is 0 Å². The molecule has 0 saturated heterocycles. The first-order chi connectivity index (χ1) is 11.9. The molecule has 0 aliphatic rings. The van der Waals surface area contributed by atoms with Crippen LogP contribution in [0.3, 0.4) is 0 Å². The molecule has 0 fully saturated rings. The van der Waals surface area contributed by atoms with Crippen LogP contribution in [-0.4, -0.2) is 65.4 Å². The maximum absolute atomic E-state index is 12.8. The largest absolute Gasteiger partial charge is 0.383 e. The summed E-state index contributed by atoms with van der Waals surface area (Å²) in [6, 6.07) is 3.96. The van der Waals surface area contributed by atoms with Crippen LogP contribution < -0.4 is 0 Å². The monoisotopic (exact) mass is 371 g/mol. The average molecular weight is 372 g/mol. The highest BCUT2D eigenvalue weighted by Gasteiger charge is 2.22. The van der Waals surface area contributed by atoms with Gasteiger partial charge in [0.1, 0.15) is 0 Å². The zero-order chi connectivity index (χ0) is 18.8. The zero-order valence-electron chi connectivity index (χ0n) is 15.7. The van der Waals surface area contributed by atoms with E-state index in [1.54, 1.807) is 7.11 Å². The Balaban J connectivity index is 2.82. The minimum atomic E-state index is -0.122. The Hall–Kier alpha value is -1.53. The number of aromatic nitrogens is 1. The maximum atomic E-state index is 12.8. The number of methoxy groups -OCH3 is 1. The highest BCUT2D eigenvalue weighted by molar-refractivity contribution is 6.18. The molecule has 7 heteroatoms. The van der Waals surface area contributed by atoms with Crippen LogP contribution in [0, 0.1) is 5.92 Å². The van der Waals surface area contributed by atoms with Gasteiger partial charge in [-0.15, -0.1) is 11.6 Å². The lowest BCUT2D eigenvalue weighted by atomic mass is 10.2. The van der Waals surface area contributed by atoms with Gasteiger partial charge in [0.25, 0.3) is 0 Å². The summed E-state index contributed by atoms with van der Waals surface area (Å²) in [7, 11) is 3.54. The smallest absolute Gasteiger partial charge is 0.242 e. The summed E-state index contributed by atoms with van der Waals surface area (Å²) < 4.78 is 7.06. The zero-order valence-corrected chi connectivity index (χ0v) is 16.5. The number of hydrogen-bond acceptors (Lipinski definition) is 3. The molecular weight excluding hydrogens is 342 g/mol. The van der Waals surface area contributed by atoms with E-state index in [1.807, 2.05) is 34.8 Å². The number of hydrogen-bond donors (Lipinski definition) is 0. The Labute approximate surface area is 155 Å². The van der Waals surface area contributed by atoms with Crippen molar-refractivity contribution in [3.05, 3.63) is 24.0 Å². The molecule has 0 aromatic carbocycles. The predicted molar refractivity (Wildman–Crippen MR) is 99.5 cm³/mol. The third-order valence-electron chi connectivity index (χ3n) is 3.89. The topological polar surface area (TPSA) is 54.8 Å². The van der Waals surface area contributed by atoms with Crippen LogP contribution in [0.15, 0.2) is 18.3 Å². The van der Waals surface area contributed by atoms with E-state index in [-0.39, 0.29) is 30.7 Å². The number of amides is 2. The van der Waals surface area contributed by atoms with E-state index in [0.717, 1.165) is 5.69 Å². The van der Waals surface area contributed by atoms with Gasteiger partial charge in [0.05, 0.1) is 19.7 Å². The van der Waals surface area contributed by atoms with Crippen LogP contribution in [0.4, 0.5) is 0 Å². The molecule has 0 spiro atoms.